The summed E-state index contributed by atoms with van der Waals surface area (Å²) in [7, 11) is 1.34. The molecule has 0 spiro atoms. The van der Waals surface area contributed by atoms with Crippen LogP contribution in [0, 0.1) is 0 Å². The molecule has 0 aliphatic carbocycles. The first-order valence-corrected chi connectivity index (χ1v) is 3.76. The summed E-state index contributed by atoms with van der Waals surface area (Å²) in [4.78, 5) is 21.4. The van der Waals surface area contributed by atoms with E-state index in [4.69, 9.17) is 10.5 Å². The average molecular weight is 195 g/mol. The van der Waals surface area contributed by atoms with Crippen molar-refractivity contribution in [2.45, 2.75) is 0 Å². The Morgan fingerprint density at radius 1 is 1.57 bits per heavy atom. The van der Waals surface area contributed by atoms with Crippen molar-refractivity contribution >= 4 is 12.2 Å². The third-order valence-corrected chi connectivity index (χ3v) is 1.74. The lowest BCUT2D eigenvalue weighted by Gasteiger charge is -2.07. The lowest BCUT2D eigenvalue weighted by atomic mass is 10.1. The summed E-state index contributed by atoms with van der Waals surface area (Å²) in [6.45, 7) is 0. The molecule has 5 nitrogen and oxygen atoms in total. The van der Waals surface area contributed by atoms with E-state index in [1.54, 1.807) is 0 Å². The fraction of sp³-hybridized carbons (Fsp3) is 0.111. The molecule has 14 heavy (non-hydrogen) atoms. The summed E-state index contributed by atoms with van der Waals surface area (Å²) in [5, 5.41) is 9.27. The lowest BCUT2D eigenvalue weighted by molar-refractivity contribution is 0.0997. The van der Waals surface area contributed by atoms with E-state index in [0.29, 0.717) is 6.29 Å². The fourth-order valence-electron chi connectivity index (χ4n) is 1.04. The summed E-state index contributed by atoms with van der Waals surface area (Å²) in [5.74, 6) is -0.826. The van der Waals surface area contributed by atoms with Crippen molar-refractivity contribution in [2.24, 2.45) is 5.73 Å². The molecule has 5 heteroatoms. The SMILES string of the molecule is COc1cc(O)c(C=O)cc1C(N)=O. The Morgan fingerprint density at radius 2 is 2.21 bits per heavy atom. The van der Waals surface area contributed by atoms with Crippen LogP contribution in [-0.2, 0) is 0 Å². The van der Waals surface area contributed by atoms with E-state index in [2.05, 4.69) is 0 Å². The van der Waals surface area contributed by atoms with E-state index in [1.807, 2.05) is 0 Å². The Kier molecular flexibility index (Phi) is 2.71. The van der Waals surface area contributed by atoms with Crippen LogP contribution in [0.3, 0.4) is 0 Å². The molecule has 1 amide bonds. The molecule has 0 bridgehead atoms. The average Bonchev–Trinajstić information content (AvgIpc) is 2.16. The van der Waals surface area contributed by atoms with E-state index in [1.165, 1.54) is 19.2 Å². The van der Waals surface area contributed by atoms with Crippen LogP contribution in [0.15, 0.2) is 12.1 Å². The van der Waals surface area contributed by atoms with E-state index in [-0.39, 0.29) is 22.6 Å². The number of phenols is 1. The highest BCUT2D eigenvalue weighted by Crippen LogP contribution is 2.26. The van der Waals surface area contributed by atoms with Gasteiger partial charge in [0.15, 0.2) is 6.29 Å². The topological polar surface area (TPSA) is 89.6 Å². The van der Waals surface area contributed by atoms with Crippen LogP contribution in [0.25, 0.3) is 0 Å². The second-order valence-electron chi connectivity index (χ2n) is 2.59. The van der Waals surface area contributed by atoms with Gasteiger partial charge in [0, 0.05) is 6.07 Å². The monoisotopic (exact) mass is 195 g/mol. The smallest absolute Gasteiger partial charge is 0.252 e. The van der Waals surface area contributed by atoms with E-state index >= 15 is 0 Å². The zero-order valence-corrected chi connectivity index (χ0v) is 7.48. The molecule has 1 rings (SSSR count). The maximum atomic E-state index is 10.9. The van der Waals surface area contributed by atoms with Crippen molar-refractivity contribution in [1.29, 1.82) is 0 Å². The number of nitrogens with two attached hydrogens (primary N) is 1. The molecule has 74 valence electrons. The summed E-state index contributed by atoms with van der Waals surface area (Å²) < 4.78 is 4.81. The Bertz CT molecular complexity index is 387. The predicted molar refractivity (Wildman–Crippen MR) is 48.6 cm³/mol. The van der Waals surface area contributed by atoms with Gasteiger partial charge in [0.2, 0.25) is 0 Å². The Morgan fingerprint density at radius 3 is 2.64 bits per heavy atom. The van der Waals surface area contributed by atoms with Crippen LogP contribution in [-0.4, -0.2) is 24.4 Å². The van der Waals surface area contributed by atoms with Crippen LogP contribution < -0.4 is 10.5 Å². The lowest BCUT2D eigenvalue weighted by Crippen LogP contribution is -2.12. The molecule has 0 saturated heterocycles. The van der Waals surface area contributed by atoms with E-state index in [0.717, 1.165) is 0 Å². The highest BCUT2D eigenvalue weighted by atomic mass is 16.5. The third kappa shape index (κ3) is 1.66. The number of phenolic OH excluding ortho intramolecular Hbond substituents is 1. The molecule has 0 fully saturated rings. The number of methoxy groups -OCH3 is 1. The maximum Gasteiger partial charge on any atom is 0.252 e. The first-order valence-electron chi connectivity index (χ1n) is 3.76. The highest BCUT2D eigenvalue weighted by Gasteiger charge is 2.13. The number of carbonyl (C=O) groups is 2. The van der Waals surface area contributed by atoms with Crippen molar-refractivity contribution in [3.8, 4) is 11.5 Å². The zero-order chi connectivity index (χ0) is 10.7. The Balaban J connectivity index is 3.39. The Labute approximate surface area is 80.1 Å². The van der Waals surface area contributed by atoms with Gasteiger partial charge in [0.1, 0.15) is 11.5 Å². The maximum absolute atomic E-state index is 10.9. The normalized spacial score (nSPS) is 9.50. The molecule has 0 saturated carbocycles. The van der Waals surface area contributed by atoms with E-state index in [9.17, 15) is 14.7 Å². The number of carbonyl (C=O) groups excluding carboxylic acids is 2. The number of ether oxygens (including phenoxy) is 1. The molecule has 0 aromatic heterocycles. The van der Waals surface area contributed by atoms with Gasteiger partial charge in [-0.15, -0.1) is 0 Å². The van der Waals surface area contributed by atoms with Gasteiger partial charge >= 0.3 is 0 Å². The quantitative estimate of drug-likeness (QED) is 0.679. The molecule has 1 aromatic rings. The summed E-state index contributed by atoms with van der Waals surface area (Å²) in [6.07, 6.45) is 0.432. The van der Waals surface area contributed by atoms with Gasteiger partial charge in [-0.2, -0.15) is 0 Å². The Hall–Kier alpha value is -2.04. The molecular weight excluding hydrogens is 186 g/mol. The third-order valence-electron chi connectivity index (χ3n) is 1.74. The van der Waals surface area contributed by atoms with Crippen molar-refractivity contribution in [3.63, 3.8) is 0 Å². The molecule has 0 heterocycles. The first kappa shape index (κ1) is 10.0. The minimum atomic E-state index is -0.718. The summed E-state index contributed by atoms with van der Waals surface area (Å²) in [5.41, 5.74) is 5.11. The van der Waals surface area contributed by atoms with Crippen LogP contribution in [0.2, 0.25) is 0 Å². The van der Waals surface area contributed by atoms with Gasteiger partial charge in [0.05, 0.1) is 18.2 Å². The van der Waals surface area contributed by atoms with Crippen LogP contribution in [0.4, 0.5) is 0 Å². The largest absolute Gasteiger partial charge is 0.507 e. The number of hydrogen-bond acceptors (Lipinski definition) is 4. The summed E-state index contributed by atoms with van der Waals surface area (Å²) >= 11 is 0. The second kappa shape index (κ2) is 3.78. The molecule has 0 aliphatic heterocycles. The van der Waals surface area contributed by atoms with Crippen molar-refractivity contribution in [1.82, 2.24) is 0 Å². The highest BCUT2D eigenvalue weighted by molar-refractivity contribution is 5.98. The van der Waals surface area contributed by atoms with Gasteiger partial charge in [-0.3, -0.25) is 9.59 Å². The van der Waals surface area contributed by atoms with Gasteiger partial charge in [-0.05, 0) is 6.07 Å². The molecule has 0 atom stereocenters. The molecule has 0 radical (unpaired) electrons. The van der Waals surface area contributed by atoms with Gasteiger partial charge in [0.25, 0.3) is 5.91 Å². The second-order valence-corrected chi connectivity index (χ2v) is 2.59. The van der Waals surface area contributed by atoms with Crippen molar-refractivity contribution in [2.75, 3.05) is 7.11 Å². The van der Waals surface area contributed by atoms with Gasteiger partial charge in [-0.1, -0.05) is 0 Å². The number of hydrogen-bond donors (Lipinski definition) is 2. The number of rotatable bonds is 3. The number of aromatic hydroxyl groups is 1. The molecule has 0 aliphatic rings. The minimum Gasteiger partial charge on any atom is -0.507 e. The standard InChI is InChI=1S/C9H9NO4/c1-14-8-3-7(12)5(4-11)2-6(8)9(10)13/h2-4,12H,1H3,(H2,10,13). The van der Waals surface area contributed by atoms with Crippen LogP contribution in [0.1, 0.15) is 20.7 Å². The molecular formula is C9H9NO4. The fourth-order valence-corrected chi connectivity index (χ4v) is 1.04. The number of aldehydes is 1. The number of primary amides is 1. The first-order chi connectivity index (χ1) is 6.60. The molecule has 1 aromatic carbocycles. The molecule has 0 unspecified atom stereocenters. The minimum absolute atomic E-state index is 0.000370. The molecule has 3 N–H and O–H groups in total. The number of benzene rings is 1. The van der Waals surface area contributed by atoms with Crippen molar-refractivity contribution < 1.29 is 19.4 Å². The zero-order valence-electron chi connectivity index (χ0n) is 7.48. The van der Waals surface area contributed by atoms with Crippen LogP contribution >= 0.6 is 0 Å². The van der Waals surface area contributed by atoms with Gasteiger partial charge < -0.3 is 15.6 Å². The van der Waals surface area contributed by atoms with Gasteiger partial charge in [-0.25, -0.2) is 0 Å². The van der Waals surface area contributed by atoms with Crippen molar-refractivity contribution in [3.05, 3.63) is 23.3 Å². The van der Waals surface area contributed by atoms with E-state index < -0.39 is 5.91 Å². The summed E-state index contributed by atoms with van der Waals surface area (Å²) in [6, 6.07) is 2.35. The number of amides is 1. The predicted octanol–water partition coefficient (Wildman–Crippen LogP) is 0.312. The van der Waals surface area contributed by atoms with Crippen LogP contribution in [0.5, 0.6) is 11.5 Å².